The summed E-state index contributed by atoms with van der Waals surface area (Å²) in [5.74, 6) is -0.674. The minimum atomic E-state index is -0.800. The van der Waals surface area contributed by atoms with Gasteiger partial charge in [0.15, 0.2) is 0 Å². The first-order valence-electron chi connectivity index (χ1n) is 8.37. The van der Waals surface area contributed by atoms with Crippen LogP contribution in [0.3, 0.4) is 0 Å². The van der Waals surface area contributed by atoms with E-state index in [1.807, 2.05) is 12.2 Å². The first kappa shape index (κ1) is 21.9. The zero-order chi connectivity index (χ0) is 18.6. The Morgan fingerprint density at radius 2 is 1.25 bits per heavy atom. The van der Waals surface area contributed by atoms with Crippen LogP contribution in [0.5, 0.6) is 0 Å². The number of allylic oxidation sites excluding steroid dienone is 4. The van der Waals surface area contributed by atoms with E-state index in [0.29, 0.717) is 38.5 Å². The van der Waals surface area contributed by atoms with E-state index in [1.54, 1.807) is 12.2 Å². The average Bonchev–Trinajstić information content (AvgIpc) is 2.51. The van der Waals surface area contributed by atoms with Crippen LogP contribution < -0.4 is 11.5 Å². The molecule has 0 radical (unpaired) electrons. The maximum absolute atomic E-state index is 12.5. The molecule has 0 bridgehead atoms. The predicted molar refractivity (Wildman–Crippen MR) is 101 cm³/mol. The Bertz CT molecular complexity index is 460. The highest BCUT2D eigenvalue weighted by molar-refractivity contribution is 5.82. The number of amides is 2. The van der Waals surface area contributed by atoms with Gasteiger partial charge in [-0.3, -0.25) is 9.59 Å². The van der Waals surface area contributed by atoms with E-state index >= 15 is 0 Å². The molecule has 0 heterocycles. The summed E-state index contributed by atoms with van der Waals surface area (Å²) >= 11 is 0. The highest BCUT2D eigenvalue weighted by Gasteiger charge is 2.51. The second-order valence-corrected chi connectivity index (χ2v) is 6.37. The third kappa shape index (κ3) is 5.22. The molecule has 4 heteroatoms. The average molecular weight is 332 g/mol. The summed E-state index contributed by atoms with van der Waals surface area (Å²) in [6.07, 6.45) is 11.8. The molecule has 0 aliphatic carbocycles. The summed E-state index contributed by atoms with van der Waals surface area (Å²) in [7, 11) is 0. The molecule has 0 spiro atoms. The maximum Gasteiger partial charge on any atom is 0.224 e. The van der Waals surface area contributed by atoms with Crippen LogP contribution in [0.2, 0.25) is 0 Å². The number of rotatable bonds is 15. The molecule has 4 nitrogen and oxygen atoms in total. The first-order valence-corrected chi connectivity index (χ1v) is 8.37. The molecule has 24 heavy (non-hydrogen) atoms. The van der Waals surface area contributed by atoms with Gasteiger partial charge >= 0.3 is 0 Å². The number of nitrogens with two attached hydrogens (primary N) is 2. The Labute approximate surface area is 146 Å². The molecule has 0 aliphatic rings. The van der Waals surface area contributed by atoms with Gasteiger partial charge < -0.3 is 11.5 Å². The molecular formula is C20H32N2O2. The number of primary amides is 2. The van der Waals surface area contributed by atoms with Crippen LogP contribution in [-0.2, 0) is 9.59 Å². The largest absolute Gasteiger partial charge is 0.370 e. The summed E-state index contributed by atoms with van der Waals surface area (Å²) in [5, 5.41) is 0. The van der Waals surface area contributed by atoms with Crippen LogP contribution in [-0.4, -0.2) is 11.8 Å². The molecule has 0 aromatic carbocycles. The molecule has 0 fully saturated rings. The second kappa shape index (κ2) is 10.6. The number of unbranched alkanes of at least 4 members (excludes halogenated alkanes) is 1. The van der Waals surface area contributed by atoms with E-state index < -0.39 is 10.8 Å². The van der Waals surface area contributed by atoms with Gasteiger partial charge in [-0.15, -0.1) is 26.3 Å². The Balaban J connectivity index is 5.86. The Morgan fingerprint density at radius 1 is 0.792 bits per heavy atom. The zero-order valence-corrected chi connectivity index (χ0v) is 14.8. The fourth-order valence-electron chi connectivity index (χ4n) is 3.70. The van der Waals surface area contributed by atoms with Crippen molar-refractivity contribution in [1.29, 1.82) is 0 Å². The fourth-order valence-corrected chi connectivity index (χ4v) is 3.70. The van der Waals surface area contributed by atoms with E-state index in [4.69, 9.17) is 11.5 Å². The van der Waals surface area contributed by atoms with Crippen molar-refractivity contribution in [2.45, 2.75) is 51.4 Å². The lowest BCUT2D eigenvalue weighted by atomic mass is 9.54. The van der Waals surface area contributed by atoms with E-state index in [9.17, 15) is 9.59 Å². The van der Waals surface area contributed by atoms with Crippen LogP contribution in [0.15, 0.2) is 50.6 Å². The van der Waals surface area contributed by atoms with Gasteiger partial charge in [0.05, 0.1) is 5.41 Å². The topological polar surface area (TPSA) is 86.2 Å². The molecule has 4 N–H and O–H groups in total. The van der Waals surface area contributed by atoms with Crippen molar-refractivity contribution in [1.82, 2.24) is 0 Å². The fraction of sp³-hybridized carbons (Fsp3) is 0.500. The van der Waals surface area contributed by atoms with E-state index in [2.05, 4.69) is 26.3 Å². The molecule has 0 rings (SSSR count). The minimum absolute atomic E-state index is 0.314. The monoisotopic (exact) mass is 332 g/mol. The molecule has 0 saturated carbocycles. The Kier molecular flexibility index (Phi) is 9.70. The summed E-state index contributed by atoms with van der Waals surface area (Å²) in [4.78, 5) is 23.5. The van der Waals surface area contributed by atoms with Crippen molar-refractivity contribution in [2.24, 2.45) is 22.3 Å². The lowest BCUT2D eigenvalue weighted by Gasteiger charge is -2.48. The van der Waals surface area contributed by atoms with Crippen LogP contribution in [0, 0.1) is 10.8 Å². The Morgan fingerprint density at radius 3 is 1.58 bits per heavy atom. The SMILES string of the molecule is C=CCC(CC=C)(CCCCC(N)=O)C(CC=C)(CC=C)C(N)=O. The first-order chi connectivity index (χ1) is 11.4. The van der Waals surface area contributed by atoms with Gasteiger partial charge in [0.1, 0.15) is 0 Å². The normalized spacial score (nSPS) is 11.5. The van der Waals surface area contributed by atoms with Crippen molar-refractivity contribution < 1.29 is 9.59 Å². The van der Waals surface area contributed by atoms with Gasteiger partial charge in [-0.25, -0.2) is 0 Å². The quantitative estimate of drug-likeness (QED) is 0.353. The number of carbonyl (C=O) groups excluding carboxylic acids is 2. The minimum Gasteiger partial charge on any atom is -0.370 e. The lowest BCUT2D eigenvalue weighted by molar-refractivity contribution is -0.137. The second-order valence-electron chi connectivity index (χ2n) is 6.37. The van der Waals surface area contributed by atoms with E-state index in [0.717, 1.165) is 12.8 Å². The van der Waals surface area contributed by atoms with Crippen molar-refractivity contribution in [3.05, 3.63) is 50.6 Å². The highest BCUT2D eigenvalue weighted by Crippen LogP contribution is 2.54. The third-order valence-electron chi connectivity index (χ3n) is 4.87. The standard InChI is InChI=1S/C20H32N2O2/c1-5-12-19(13-6-2,16-10-9-11-17(21)23)20(14-7-3,15-8-4)18(22)24/h5-8H,1-4,9-16H2,(H2,21,23)(H2,22,24). The maximum atomic E-state index is 12.5. The number of hydrogen-bond acceptors (Lipinski definition) is 2. The van der Waals surface area contributed by atoms with Gasteiger partial charge in [-0.2, -0.15) is 0 Å². The van der Waals surface area contributed by atoms with Crippen LogP contribution in [0.25, 0.3) is 0 Å². The molecular weight excluding hydrogens is 300 g/mol. The van der Waals surface area contributed by atoms with Crippen molar-refractivity contribution in [3.63, 3.8) is 0 Å². The Hall–Kier alpha value is -2.10. The molecule has 0 atom stereocenters. The third-order valence-corrected chi connectivity index (χ3v) is 4.87. The summed E-state index contributed by atoms with van der Waals surface area (Å²) < 4.78 is 0. The summed E-state index contributed by atoms with van der Waals surface area (Å²) in [6.45, 7) is 15.3. The van der Waals surface area contributed by atoms with Gasteiger partial charge in [0, 0.05) is 6.42 Å². The van der Waals surface area contributed by atoms with Crippen LogP contribution >= 0.6 is 0 Å². The summed E-state index contributed by atoms with van der Waals surface area (Å²) in [5.41, 5.74) is 9.85. The van der Waals surface area contributed by atoms with Gasteiger partial charge in [0.2, 0.25) is 11.8 Å². The van der Waals surface area contributed by atoms with Gasteiger partial charge in [-0.05, 0) is 43.9 Å². The molecule has 134 valence electrons. The van der Waals surface area contributed by atoms with E-state index in [-0.39, 0.29) is 11.8 Å². The van der Waals surface area contributed by atoms with Crippen LogP contribution in [0.1, 0.15) is 51.4 Å². The zero-order valence-electron chi connectivity index (χ0n) is 14.8. The van der Waals surface area contributed by atoms with Crippen molar-refractivity contribution in [2.75, 3.05) is 0 Å². The smallest absolute Gasteiger partial charge is 0.224 e. The van der Waals surface area contributed by atoms with Gasteiger partial charge in [0.25, 0.3) is 0 Å². The molecule has 2 amide bonds. The number of hydrogen-bond donors (Lipinski definition) is 2. The van der Waals surface area contributed by atoms with Crippen molar-refractivity contribution in [3.8, 4) is 0 Å². The van der Waals surface area contributed by atoms with Crippen molar-refractivity contribution >= 4 is 11.8 Å². The summed E-state index contributed by atoms with van der Waals surface area (Å²) in [6, 6.07) is 0. The van der Waals surface area contributed by atoms with Crippen LogP contribution in [0.4, 0.5) is 0 Å². The van der Waals surface area contributed by atoms with Gasteiger partial charge in [-0.1, -0.05) is 30.7 Å². The molecule has 0 unspecified atom stereocenters. The van der Waals surface area contributed by atoms with E-state index in [1.165, 1.54) is 0 Å². The lowest BCUT2D eigenvalue weighted by Crippen LogP contribution is -2.50. The predicted octanol–water partition coefficient (Wildman–Crippen LogP) is 3.79. The molecule has 0 aliphatic heterocycles. The molecule has 0 saturated heterocycles. The molecule has 0 aromatic heterocycles. The molecule has 0 aromatic rings. The highest BCUT2D eigenvalue weighted by atomic mass is 16.1. The number of carbonyl (C=O) groups is 2.